The number of hydrazone groups is 1. The lowest BCUT2D eigenvalue weighted by Gasteiger charge is -2.07. The van der Waals surface area contributed by atoms with Crippen LogP contribution in [0.3, 0.4) is 0 Å². The van der Waals surface area contributed by atoms with Crippen LogP contribution in [-0.4, -0.2) is 22.6 Å². The molecule has 0 saturated heterocycles. The van der Waals surface area contributed by atoms with Gasteiger partial charge in [0.15, 0.2) is 5.76 Å². The number of furan rings is 1. The Morgan fingerprint density at radius 1 is 1.07 bits per heavy atom. The third-order valence-electron chi connectivity index (χ3n) is 3.83. The molecule has 142 valence electrons. The third kappa shape index (κ3) is 4.57. The Kier molecular flexibility index (Phi) is 5.76. The van der Waals surface area contributed by atoms with Gasteiger partial charge in [0, 0.05) is 10.7 Å². The minimum absolute atomic E-state index is 0.0278. The van der Waals surface area contributed by atoms with Crippen LogP contribution in [0.1, 0.15) is 33.4 Å². The average Bonchev–Trinajstić information content (AvgIpc) is 3.23. The Labute approximate surface area is 165 Å². The van der Waals surface area contributed by atoms with Gasteiger partial charge in [0.25, 0.3) is 11.8 Å². The number of hydrogen-bond donors (Lipinski definition) is 3. The van der Waals surface area contributed by atoms with Crippen LogP contribution in [0.5, 0.6) is 5.75 Å². The molecule has 0 aliphatic heterocycles. The van der Waals surface area contributed by atoms with Crippen molar-refractivity contribution in [2.75, 3.05) is 5.32 Å². The number of rotatable bonds is 5. The highest BCUT2D eigenvalue weighted by Crippen LogP contribution is 2.21. The van der Waals surface area contributed by atoms with Crippen molar-refractivity contribution >= 4 is 34.8 Å². The number of hydrogen-bond acceptors (Lipinski definition) is 5. The van der Waals surface area contributed by atoms with E-state index in [-0.39, 0.29) is 23.0 Å². The molecule has 0 atom stereocenters. The monoisotopic (exact) mass is 397 g/mol. The van der Waals surface area contributed by atoms with E-state index in [4.69, 9.17) is 16.0 Å². The van der Waals surface area contributed by atoms with Crippen LogP contribution in [0.2, 0.25) is 5.02 Å². The summed E-state index contributed by atoms with van der Waals surface area (Å²) in [6.45, 7) is 1.72. The van der Waals surface area contributed by atoms with E-state index in [0.717, 1.165) is 5.56 Å². The third-order valence-corrected chi connectivity index (χ3v) is 4.07. The van der Waals surface area contributed by atoms with Crippen molar-refractivity contribution in [3.8, 4) is 5.75 Å². The summed E-state index contributed by atoms with van der Waals surface area (Å²) in [6.07, 6.45) is 1.43. The summed E-state index contributed by atoms with van der Waals surface area (Å²) in [5, 5.41) is 16.8. The van der Waals surface area contributed by atoms with Gasteiger partial charge in [0.2, 0.25) is 0 Å². The van der Waals surface area contributed by atoms with E-state index < -0.39 is 5.91 Å². The number of phenols is 1. The van der Waals surface area contributed by atoms with Crippen LogP contribution in [0.25, 0.3) is 0 Å². The summed E-state index contributed by atoms with van der Waals surface area (Å²) in [6, 6.07) is 14.3. The van der Waals surface area contributed by atoms with E-state index in [1.165, 1.54) is 24.5 Å². The second-order valence-electron chi connectivity index (χ2n) is 5.81. The van der Waals surface area contributed by atoms with Gasteiger partial charge in [-0.1, -0.05) is 23.7 Å². The molecule has 3 rings (SSSR count). The number of nitrogens with one attached hydrogen (secondary N) is 2. The fourth-order valence-electron chi connectivity index (χ4n) is 2.34. The quantitative estimate of drug-likeness (QED) is 0.446. The molecule has 0 aliphatic rings. The number of nitrogens with zero attached hydrogens (tertiary/aromatic N) is 1. The van der Waals surface area contributed by atoms with Crippen LogP contribution >= 0.6 is 11.6 Å². The predicted octanol–water partition coefficient (Wildman–Crippen LogP) is 4.04. The number of carbonyl (C=O) groups is 2. The van der Waals surface area contributed by atoms with E-state index >= 15 is 0 Å². The maximum Gasteiger partial charge on any atom is 0.291 e. The van der Waals surface area contributed by atoms with Gasteiger partial charge in [-0.05, 0) is 55.0 Å². The number of benzene rings is 2. The molecule has 3 aromatic rings. The molecule has 0 unspecified atom stereocenters. The summed E-state index contributed by atoms with van der Waals surface area (Å²) in [5.74, 6) is -0.904. The molecule has 8 heteroatoms. The fourth-order valence-corrected chi connectivity index (χ4v) is 2.52. The number of halogens is 1. The lowest BCUT2D eigenvalue weighted by atomic mass is 10.1. The van der Waals surface area contributed by atoms with Crippen molar-refractivity contribution < 1.29 is 19.1 Å². The minimum atomic E-state index is -0.582. The van der Waals surface area contributed by atoms with E-state index in [0.29, 0.717) is 16.4 Å². The lowest BCUT2D eigenvalue weighted by Crippen LogP contribution is -2.19. The van der Waals surface area contributed by atoms with E-state index in [1.807, 2.05) is 0 Å². The van der Waals surface area contributed by atoms with Gasteiger partial charge < -0.3 is 14.8 Å². The van der Waals surface area contributed by atoms with E-state index in [9.17, 15) is 14.7 Å². The molecule has 0 fully saturated rings. The fraction of sp³-hybridized carbons (Fsp3) is 0.0500. The second-order valence-corrected chi connectivity index (χ2v) is 6.24. The zero-order valence-corrected chi connectivity index (χ0v) is 15.5. The molecule has 0 saturated carbocycles. The molecule has 1 heterocycles. The highest BCUT2D eigenvalue weighted by molar-refractivity contribution is 6.31. The molecule has 0 aliphatic carbocycles. The van der Waals surface area contributed by atoms with Crippen molar-refractivity contribution in [3.63, 3.8) is 0 Å². The summed E-state index contributed by atoms with van der Waals surface area (Å²) in [4.78, 5) is 24.1. The maximum absolute atomic E-state index is 12.1. The average molecular weight is 398 g/mol. The molecular formula is C20H16ClN3O4. The molecule has 0 radical (unpaired) electrons. The Morgan fingerprint density at radius 2 is 1.82 bits per heavy atom. The molecule has 1 aromatic heterocycles. The number of aromatic hydroxyl groups is 1. The van der Waals surface area contributed by atoms with Crippen LogP contribution < -0.4 is 10.7 Å². The van der Waals surface area contributed by atoms with Gasteiger partial charge in [-0.15, -0.1) is 0 Å². The van der Waals surface area contributed by atoms with Crippen LogP contribution in [-0.2, 0) is 0 Å². The Morgan fingerprint density at radius 3 is 2.50 bits per heavy atom. The van der Waals surface area contributed by atoms with Gasteiger partial charge in [-0.25, -0.2) is 5.43 Å². The van der Waals surface area contributed by atoms with Crippen molar-refractivity contribution in [2.45, 2.75) is 6.92 Å². The van der Waals surface area contributed by atoms with Gasteiger partial charge in [0.1, 0.15) is 5.75 Å². The zero-order chi connectivity index (χ0) is 20.1. The lowest BCUT2D eigenvalue weighted by molar-refractivity contribution is 0.0951. The van der Waals surface area contributed by atoms with Gasteiger partial charge in [0.05, 0.1) is 17.5 Å². The highest BCUT2D eigenvalue weighted by Gasteiger charge is 2.12. The van der Waals surface area contributed by atoms with Gasteiger partial charge in [-0.3, -0.25) is 9.59 Å². The minimum Gasteiger partial charge on any atom is -0.507 e. The first-order valence-electron chi connectivity index (χ1n) is 8.22. The highest BCUT2D eigenvalue weighted by atomic mass is 35.5. The van der Waals surface area contributed by atoms with Crippen LogP contribution in [0, 0.1) is 0 Å². The van der Waals surface area contributed by atoms with E-state index in [2.05, 4.69) is 15.8 Å². The molecule has 0 spiro atoms. The second kappa shape index (κ2) is 8.41. The molecule has 2 amide bonds. The zero-order valence-electron chi connectivity index (χ0n) is 14.8. The Balaban J connectivity index is 1.65. The standard InChI is InChI=1S/C20H16ClN3O4/c1-12(23-24-19(26)16-11-14(21)6-9-17(16)25)13-4-7-15(8-5-13)22-20(27)18-3-2-10-28-18/h2-11,25H,1H3,(H,22,27)(H,24,26)/b23-12+. The van der Waals surface area contributed by atoms with E-state index in [1.54, 1.807) is 43.3 Å². The molecule has 7 nitrogen and oxygen atoms in total. The Hall–Kier alpha value is -3.58. The molecular weight excluding hydrogens is 382 g/mol. The number of phenolic OH excluding ortho intramolecular Hbond substituents is 1. The SMILES string of the molecule is C/C(=N\NC(=O)c1cc(Cl)ccc1O)c1ccc(NC(=O)c2ccco2)cc1. The number of amides is 2. The van der Waals surface area contributed by atoms with Crippen LogP contribution in [0.4, 0.5) is 5.69 Å². The first-order valence-corrected chi connectivity index (χ1v) is 8.60. The van der Waals surface area contributed by atoms with Gasteiger partial charge >= 0.3 is 0 Å². The van der Waals surface area contributed by atoms with Crippen LogP contribution in [0.15, 0.2) is 70.4 Å². The first-order chi connectivity index (χ1) is 13.4. The maximum atomic E-state index is 12.1. The topological polar surface area (TPSA) is 104 Å². The van der Waals surface area contributed by atoms with Gasteiger partial charge in [-0.2, -0.15) is 5.10 Å². The summed E-state index contributed by atoms with van der Waals surface area (Å²) in [7, 11) is 0. The van der Waals surface area contributed by atoms with Crippen molar-refractivity contribution in [2.24, 2.45) is 5.10 Å². The number of anilines is 1. The summed E-state index contributed by atoms with van der Waals surface area (Å²) < 4.78 is 5.04. The predicted molar refractivity (Wildman–Crippen MR) is 106 cm³/mol. The molecule has 2 aromatic carbocycles. The largest absolute Gasteiger partial charge is 0.507 e. The summed E-state index contributed by atoms with van der Waals surface area (Å²) >= 11 is 5.84. The molecule has 0 bridgehead atoms. The smallest absolute Gasteiger partial charge is 0.291 e. The molecule has 3 N–H and O–H groups in total. The number of carbonyl (C=O) groups excluding carboxylic acids is 2. The van der Waals surface area contributed by atoms with Crippen molar-refractivity contribution in [1.82, 2.24) is 5.43 Å². The normalized spacial score (nSPS) is 11.1. The Bertz CT molecular complexity index is 1030. The van der Waals surface area contributed by atoms with Crippen molar-refractivity contribution in [3.05, 3.63) is 82.8 Å². The molecule has 28 heavy (non-hydrogen) atoms. The summed E-state index contributed by atoms with van der Waals surface area (Å²) in [5.41, 5.74) is 4.28. The van der Waals surface area contributed by atoms with Crippen molar-refractivity contribution in [1.29, 1.82) is 0 Å². The first kappa shape index (κ1) is 19.2.